The van der Waals surface area contributed by atoms with Crippen molar-refractivity contribution in [3.8, 4) is 0 Å². The summed E-state index contributed by atoms with van der Waals surface area (Å²) >= 11 is 1.66. The number of fused-ring (bicyclic) bond motifs is 2. The first-order chi connectivity index (χ1) is 12.1. The third-order valence-electron chi connectivity index (χ3n) is 4.74. The Kier molecular flexibility index (Phi) is 4.13. The van der Waals surface area contributed by atoms with Gasteiger partial charge in [0.1, 0.15) is 0 Å². The van der Waals surface area contributed by atoms with Crippen molar-refractivity contribution in [1.29, 1.82) is 0 Å². The van der Waals surface area contributed by atoms with Crippen LogP contribution in [0.1, 0.15) is 12.8 Å². The number of hydrogen-bond acceptors (Lipinski definition) is 3. The van der Waals surface area contributed by atoms with Crippen LogP contribution in [0.25, 0.3) is 0 Å². The molecule has 0 bridgehead atoms. The molecular formula is C19H18N2O3S. The zero-order valence-electron chi connectivity index (χ0n) is 13.6. The summed E-state index contributed by atoms with van der Waals surface area (Å²) in [6, 6.07) is 15.7. The van der Waals surface area contributed by atoms with Crippen LogP contribution in [-0.2, 0) is 4.79 Å². The Balaban J connectivity index is 1.66. The molecule has 6 heteroatoms. The van der Waals surface area contributed by atoms with Crippen LogP contribution < -0.4 is 4.90 Å². The quantitative estimate of drug-likeness (QED) is 0.833. The van der Waals surface area contributed by atoms with Crippen LogP contribution in [0.5, 0.6) is 0 Å². The second-order valence-corrected chi connectivity index (χ2v) is 7.34. The Hall–Kier alpha value is -2.47. The fourth-order valence-electron chi connectivity index (χ4n) is 3.37. The number of rotatable bonds is 1. The van der Waals surface area contributed by atoms with Crippen LogP contribution >= 0.6 is 11.8 Å². The molecule has 4 rings (SSSR count). The van der Waals surface area contributed by atoms with Crippen molar-refractivity contribution in [2.45, 2.75) is 22.6 Å². The zero-order chi connectivity index (χ0) is 17.4. The molecule has 2 amide bonds. The summed E-state index contributed by atoms with van der Waals surface area (Å²) < 4.78 is 0. The molecular weight excluding hydrogens is 336 g/mol. The van der Waals surface area contributed by atoms with E-state index in [-0.39, 0.29) is 11.9 Å². The molecule has 0 aliphatic carbocycles. The lowest BCUT2D eigenvalue weighted by molar-refractivity contribution is -0.143. The highest BCUT2D eigenvalue weighted by molar-refractivity contribution is 7.99. The van der Waals surface area contributed by atoms with Gasteiger partial charge in [0.2, 0.25) is 0 Å². The predicted molar refractivity (Wildman–Crippen MR) is 96.5 cm³/mol. The maximum absolute atomic E-state index is 13.3. The van der Waals surface area contributed by atoms with Crippen molar-refractivity contribution in [1.82, 2.24) is 4.90 Å². The normalized spacial score (nSPS) is 17.0. The van der Waals surface area contributed by atoms with Gasteiger partial charge in [-0.15, -0.1) is 0 Å². The van der Waals surface area contributed by atoms with Gasteiger partial charge in [-0.2, -0.15) is 0 Å². The molecule has 1 saturated heterocycles. The highest BCUT2D eigenvalue weighted by Gasteiger charge is 2.34. The van der Waals surface area contributed by atoms with Gasteiger partial charge in [0.05, 0.1) is 17.3 Å². The molecule has 0 unspecified atom stereocenters. The van der Waals surface area contributed by atoms with Gasteiger partial charge in [0.25, 0.3) is 0 Å². The summed E-state index contributed by atoms with van der Waals surface area (Å²) in [5.41, 5.74) is 1.77. The van der Waals surface area contributed by atoms with Gasteiger partial charge in [0, 0.05) is 22.9 Å². The predicted octanol–water partition coefficient (Wildman–Crippen LogP) is 4.21. The molecule has 5 nitrogen and oxygen atoms in total. The topological polar surface area (TPSA) is 60.9 Å². The zero-order valence-corrected chi connectivity index (χ0v) is 14.4. The van der Waals surface area contributed by atoms with Crippen LogP contribution in [0.3, 0.4) is 0 Å². The standard InChI is InChI=1S/C19H18N2O3S/c22-18(23)13-9-11-20(12-10-13)19(24)21-14-5-1-3-7-16(14)25-17-8-4-2-6-15(17)21/h1-8,13H,9-12H2,(H,22,23). The van der Waals surface area contributed by atoms with E-state index in [2.05, 4.69) is 0 Å². The van der Waals surface area contributed by atoms with Crippen molar-refractivity contribution in [2.75, 3.05) is 18.0 Å². The molecule has 25 heavy (non-hydrogen) atoms. The number of para-hydroxylation sites is 2. The summed E-state index contributed by atoms with van der Waals surface area (Å²) in [4.78, 5) is 30.0. The van der Waals surface area contributed by atoms with Gasteiger partial charge in [-0.05, 0) is 37.1 Å². The SMILES string of the molecule is O=C(O)C1CCN(C(=O)N2c3ccccc3Sc3ccccc32)CC1. The Morgan fingerprint density at radius 3 is 1.96 bits per heavy atom. The highest BCUT2D eigenvalue weighted by atomic mass is 32.2. The average Bonchev–Trinajstić information content (AvgIpc) is 2.65. The number of amides is 2. The molecule has 2 heterocycles. The van der Waals surface area contributed by atoms with Crippen LogP contribution in [0.2, 0.25) is 0 Å². The number of benzene rings is 2. The van der Waals surface area contributed by atoms with Crippen molar-refractivity contribution >= 4 is 35.1 Å². The average molecular weight is 354 g/mol. The summed E-state index contributed by atoms with van der Waals surface area (Å²) in [5.74, 6) is -1.11. The number of carboxylic acid groups (broad SMARTS) is 1. The molecule has 128 valence electrons. The van der Waals surface area contributed by atoms with E-state index in [0.717, 1.165) is 21.2 Å². The lowest BCUT2D eigenvalue weighted by atomic mass is 9.97. The van der Waals surface area contributed by atoms with E-state index in [1.54, 1.807) is 21.6 Å². The van der Waals surface area contributed by atoms with Crippen molar-refractivity contribution in [3.05, 3.63) is 48.5 Å². The number of aliphatic carboxylic acids is 1. The summed E-state index contributed by atoms with van der Waals surface area (Å²) in [7, 11) is 0. The van der Waals surface area contributed by atoms with Crippen molar-refractivity contribution in [3.63, 3.8) is 0 Å². The smallest absolute Gasteiger partial charge is 0.329 e. The first kappa shape index (κ1) is 16.0. The van der Waals surface area contributed by atoms with Gasteiger partial charge in [-0.25, -0.2) is 4.79 Å². The minimum atomic E-state index is -0.767. The maximum Gasteiger partial charge on any atom is 0.329 e. The number of carbonyl (C=O) groups is 2. The second kappa shape index (κ2) is 6.44. The molecule has 0 aromatic heterocycles. The molecule has 1 fully saturated rings. The van der Waals surface area contributed by atoms with Crippen LogP contribution in [-0.4, -0.2) is 35.1 Å². The van der Waals surface area contributed by atoms with Gasteiger partial charge >= 0.3 is 12.0 Å². The fraction of sp³-hybridized carbons (Fsp3) is 0.263. The molecule has 0 spiro atoms. The van der Waals surface area contributed by atoms with Crippen LogP contribution in [0.15, 0.2) is 58.3 Å². The number of likely N-dealkylation sites (tertiary alicyclic amines) is 1. The van der Waals surface area contributed by atoms with Crippen LogP contribution in [0.4, 0.5) is 16.2 Å². The number of hydrogen-bond donors (Lipinski definition) is 1. The van der Waals surface area contributed by atoms with Gasteiger partial charge < -0.3 is 10.0 Å². The first-order valence-electron chi connectivity index (χ1n) is 8.33. The van der Waals surface area contributed by atoms with E-state index in [1.807, 2.05) is 48.5 Å². The Labute approximate surface area is 150 Å². The van der Waals surface area contributed by atoms with E-state index in [0.29, 0.717) is 25.9 Å². The fourth-order valence-corrected chi connectivity index (χ4v) is 4.43. The minimum Gasteiger partial charge on any atom is -0.481 e. The molecule has 0 saturated carbocycles. The Morgan fingerprint density at radius 1 is 0.920 bits per heavy atom. The van der Waals surface area contributed by atoms with Crippen molar-refractivity contribution in [2.24, 2.45) is 5.92 Å². The third kappa shape index (κ3) is 2.87. The summed E-state index contributed by atoms with van der Waals surface area (Å²) in [5, 5.41) is 9.16. The maximum atomic E-state index is 13.3. The van der Waals surface area contributed by atoms with E-state index in [4.69, 9.17) is 5.11 Å². The molecule has 2 aliphatic heterocycles. The van der Waals surface area contributed by atoms with Crippen molar-refractivity contribution < 1.29 is 14.7 Å². The van der Waals surface area contributed by atoms with Gasteiger partial charge in [0.15, 0.2) is 0 Å². The monoisotopic (exact) mass is 354 g/mol. The van der Waals surface area contributed by atoms with E-state index < -0.39 is 5.97 Å². The number of carboxylic acids is 1. The number of nitrogens with zero attached hydrogens (tertiary/aromatic N) is 2. The number of urea groups is 1. The second-order valence-electron chi connectivity index (χ2n) is 6.26. The molecule has 2 aromatic carbocycles. The molecule has 0 radical (unpaired) electrons. The van der Waals surface area contributed by atoms with Gasteiger partial charge in [-0.3, -0.25) is 9.69 Å². The molecule has 1 N–H and O–H groups in total. The lowest BCUT2D eigenvalue weighted by Gasteiger charge is -2.37. The first-order valence-corrected chi connectivity index (χ1v) is 9.14. The van der Waals surface area contributed by atoms with E-state index >= 15 is 0 Å². The highest BCUT2D eigenvalue weighted by Crippen LogP contribution is 2.48. The van der Waals surface area contributed by atoms with E-state index in [1.165, 1.54) is 0 Å². The number of anilines is 2. The Morgan fingerprint density at radius 2 is 1.44 bits per heavy atom. The lowest BCUT2D eigenvalue weighted by Crippen LogP contribution is -2.46. The Bertz CT molecular complexity index is 785. The number of piperidine rings is 1. The summed E-state index contributed by atoms with van der Waals surface area (Å²) in [6.07, 6.45) is 1.01. The minimum absolute atomic E-state index is 0.0796. The number of carbonyl (C=O) groups excluding carboxylic acids is 1. The summed E-state index contributed by atoms with van der Waals surface area (Å²) in [6.45, 7) is 0.952. The molecule has 0 atom stereocenters. The van der Waals surface area contributed by atoms with Crippen LogP contribution in [0, 0.1) is 5.92 Å². The third-order valence-corrected chi connectivity index (χ3v) is 5.87. The van der Waals surface area contributed by atoms with E-state index in [9.17, 15) is 9.59 Å². The van der Waals surface area contributed by atoms with Gasteiger partial charge in [-0.1, -0.05) is 36.0 Å². The molecule has 2 aromatic rings. The largest absolute Gasteiger partial charge is 0.481 e. The molecule has 2 aliphatic rings.